The summed E-state index contributed by atoms with van der Waals surface area (Å²) in [7, 11) is 6.84. The van der Waals surface area contributed by atoms with E-state index in [1.54, 1.807) is 20.2 Å². The number of aliphatic hydroxyl groups excluding tert-OH is 1. The van der Waals surface area contributed by atoms with Crippen LogP contribution in [-0.4, -0.2) is 83.2 Å². The van der Waals surface area contributed by atoms with Gasteiger partial charge in [-0.2, -0.15) is 0 Å². The van der Waals surface area contributed by atoms with Gasteiger partial charge in [-0.1, -0.05) is 0 Å². The van der Waals surface area contributed by atoms with E-state index < -0.39 is 63.9 Å². The number of nitrogens with one attached hydrogen (secondary N) is 1. The predicted molar refractivity (Wildman–Crippen MR) is 120 cm³/mol. The van der Waals surface area contributed by atoms with Crippen LogP contribution in [0.25, 0.3) is 0 Å². The quantitative estimate of drug-likeness (QED) is 0.396. The lowest BCUT2D eigenvalue weighted by atomic mass is 9.54. The second-order valence-corrected chi connectivity index (χ2v) is 9.54. The van der Waals surface area contributed by atoms with Gasteiger partial charge in [0.1, 0.15) is 17.1 Å². The summed E-state index contributed by atoms with van der Waals surface area (Å²) in [6.07, 6.45) is 0.478. The number of anilines is 1. The number of benzene rings is 1. The summed E-state index contributed by atoms with van der Waals surface area (Å²) in [6, 6.07) is 2.11. The van der Waals surface area contributed by atoms with Crippen LogP contribution in [0.1, 0.15) is 22.3 Å². The Labute approximate surface area is 190 Å². The number of carbonyl (C=O) groups excluding carboxylic acids is 3. The number of primary amides is 1. The number of carbonyl (C=O) groups is 3. The lowest BCUT2D eigenvalue weighted by Crippen LogP contribution is -2.68. The summed E-state index contributed by atoms with van der Waals surface area (Å²) < 4.78 is 0. The first-order valence-corrected chi connectivity index (χ1v) is 10.7. The lowest BCUT2D eigenvalue weighted by molar-refractivity contribution is -0.132. The van der Waals surface area contributed by atoms with Crippen molar-refractivity contribution in [2.45, 2.75) is 24.5 Å². The summed E-state index contributed by atoms with van der Waals surface area (Å²) in [6.45, 7) is 0. The van der Waals surface area contributed by atoms with Crippen molar-refractivity contribution in [2.24, 2.45) is 23.5 Å². The third kappa shape index (κ3) is 2.94. The molecular formula is C23H28N4O6. The summed E-state index contributed by atoms with van der Waals surface area (Å²) in [5, 5.41) is 41.8. The number of aliphatic hydroxyl groups is 2. The zero-order chi connectivity index (χ0) is 24.6. The maximum absolute atomic E-state index is 13.6. The van der Waals surface area contributed by atoms with Crippen molar-refractivity contribution in [3.8, 4) is 5.75 Å². The van der Waals surface area contributed by atoms with Gasteiger partial charge in [0.2, 0.25) is 0 Å². The van der Waals surface area contributed by atoms with Crippen molar-refractivity contribution < 1.29 is 29.7 Å². The Morgan fingerprint density at radius 1 is 1.15 bits per heavy atom. The van der Waals surface area contributed by atoms with E-state index in [1.165, 1.54) is 11.0 Å². The van der Waals surface area contributed by atoms with E-state index in [0.717, 1.165) is 5.69 Å². The Hall–Kier alpha value is -3.24. The molecule has 1 aromatic carbocycles. The van der Waals surface area contributed by atoms with Gasteiger partial charge in [0.15, 0.2) is 17.2 Å². The molecule has 33 heavy (non-hydrogen) atoms. The fraction of sp³-hybridized carbons (Fsp3) is 0.478. The molecule has 4 rings (SSSR count). The van der Waals surface area contributed by atoms with Gasteiger partial charge in [0.25, 0.3) is 5.91 Å². The van der Waals surface area contributed by atoms with Gasteiger partial charge in [-0.25, -0.2) is 0 Å². The van der Waals surface area contributed by atoms with Gasteiger partial charge < -0.3 is 31.4 Å². The van der Waals surface area contributed by atoms with Gasteiger partial charge in [-0.3, -0.25) is 19.3 Å². The number of hydrogen-bond acceptors (Lipinski definition) is 9. The highest BCUT2D eigenvalue weighted by molar-refractivity contribution is 6.25. The van der Waals surface area contributed by atoms with Crippen molar-refractivity contribution >= 4 is 28.9 Å². The van der Waals surface area contributed by atoms with Gasteiger partial charge in [-0.15, -0.1) is 0 Å². The van der Waals surface area contributed by atoms with E-state index in [-0.39, 0.29) is 17.7 Å². The number of rotatable bonds is 3. The highest BCUT2D eigenvalue weighted by atomic mass is 16.3. The summed E-state index contributed by atoms with van der Waals surface area (Å²) in [5.74, 6) is -6.20. The second kappa shape index (κ2) is 7.39. The number of Topliss-reactive ketones (excluding diaryl/α,β-unsaturated/α-hetero) is 2. The highest BCUT2D eigenvalue weighted by Gasteiger charge is 2.64. The molecule has 10 heteroatoms. The van der Waals surface area contributed by atoms with Crippen LogP contribution in [-0.2, 0) is 16.0 Å². The molecule has 0 radical (unpaired) electrons. The first-order chi connectivity index (χ1) is 15.3. The SMILES string of the molecule is CN(C)c1ccc(O)c2c1C[C@@H]1C[C@@H]3[C@@H](N(C)C)C(=O)C(C(N)=O)=C(O)[C@]3(O)C(=N)C1C2=O. The van der Waals surface area contributed by atoms with Crippen molar-refractivity contribution in [3.63, 3.8) is 0 Å². The van der Waals surface area contributed by atoms with Crippen molar-refractivity contribution in [1.82, 2.24) is 4.90 Å². The number of ketones is 2. The average molecular weight is 456 g/mol. The molecule has 10 nitrogen and oxygen atoms in total. The summed E-state index contributed by atoms with van der Waals surface area (Å²) >= 11 is 0. The van der Waals surface area contributed by atoms with Crippen molar-refractivity contribution in [1.29, 1.82) is 5.41 Å². The number of likely N-dealkylation sites (N-methyl/N-ethyl adjacent to an activating group) is 1. The molecule has 0 spiro atoms. The number of amides is 1. The Balaban J connectivity index is 1.93. The lowest BCUT2D eigenvalue weighted by Gasteiger charge is -2.53. The minimum atomic E-state index is -2.41. The molecule has 0 aromatic heterocycles. The van der Waals surface area contributed by atoms with E-state index in [1.807, 2.05) is 19.0 Å². The minimum Gasteiger partial charge on any atom is -0.508 e. The maximum Gasteiger partial charge on any atom is 0.255 e. The standard InChI is InChI=1S/C23H28N4O6/c1-26(2)12-5-6-13(28)15-10(12)7-9-8-11-17(27(3)4)19(30)16(22(25)32)21(31)23(11,33)20(24)14(9)18(15)29/h5-6,9,11,14,17,24,28,31,33H,7-8H2,1-4H3,(H2,25,32)/t9-,11-,14?,17-,23-/m1/s1. The van der Waals surface area contributed by atoms with Crippen LogP contribution in [0.4, 0.5) is 5.69 Å². The van der Waals surface area contributed by atoms with Crippen LogP contribution in [0, 0.1) is 23.2 Å². The number of hydrogen-bond donors (Lipinski definition) is 5. The molecule has 1 aromatic rings. The Kier molecular flexibility index (Phi) is 5.14. The van der Waals surface area contributed by atoms with Crippen LogP contribution < -0.4 is 10.6 Å². The fourth-order valence-electron chi connectivity index (χ4n) is 5.93. The zero-order valence-corrected chi connectivity index (χ0v) is 18.9. The first-order valence-electron chi connectivity index (χ1n) is 10.7. The molecule has 0 saturated heterocycles. The summed E-state index contributed by atoms with van der Waals surface area (Å²) in [5.41, 5.74) is 3.17. The molecule has 3 aliphatic rings. The third-order valence-corrected chi connectivity index (χ3v) is 7.33. The van der Waals surface area contributed by atoms with Crippen LogP contribution >= 0.6 is 0 Å². The Morgan fingerprint density at radius 2 is 1.79 bits per heavy atom. The summed E-state index contributed by atoms with van der Waals surface area (Å²) in [4.78, 5) is 42.0. The zero-order valence-electron chi connectivity index (χ0n) is 18.9. The van der Waals surface area contributed by atoms with Gasteiger partial charge >= 0.3 is 0 Å². The van der Waals surface area contributed by atoms with Gasteiger partial charge in [-0.05, 0) is 50.6 Å². The molecule has 5 atom stereocenters. The molecular weight excluding hydrogens is 428 g/mol. The number of fused-ring (bicyclic) bond motifs is 3. The van der Waals surface area contributed by atoms with Gasteiger partial charge in [0, 0.05) is 25.7 Å². The monoisotopic (exact) mass is 456 g/mol. The first kappa shape index (κ1) is 22.9. The van der Waals surface area contributed by atoms with E-state index >= 15 is 0 Å². The molecule has 0 bridgehead atoms. The number of aromatic hydroxyl groups is 1. The molecule has 176 valence electrons. The topological polar surface area (TPSA) is 168 Å². The molecule has 0 aliphatic heterocycles. The second-order valence-electron chi connectivity index (χ2n) is 9.54. The van der Waals surface area contributed by atoms with Crippen LogP contribution in [0.2, 0.25) is 0 Å². The van der Waals surface area contributed by atoms with E-state index in [9.17, 15) is 29.7 Å². The van der Waals surface area contributed by atoms with Crippen LogP contribution in [0.5, 0.6) is 5.75 Å². The largest absolute Gasteiger partial charge is 0.508 e. The number of phenols is 1. The molecule has 6 N–H and O–H groups in total. The maximum atomic E-state index is 13.6. The molecule has 1 fully saturated rings. The van der Waals surface area contributed by atoms with Gasteiger partial charge in [0.05, 0.1) is 23.2 Å². The minimum absolute atomic E-state index is 0.0869. The van der Waals surface area contributed by atoms with E-state index in [0.29, 0.717) is 12.0 Å². The molecule has 0 heterocycles. The van der Waals surface area contributed by atoms with Crippen molar-refractivity contribution in [2.75, 3.05) is 33.1 Å². The van der Waals surface area contributed by atoms with E-state index in [2.05, 4.69) is 0 Å². The number of nitrogens with two attached hydrogens (primary N) is 1. The smallest absolute Gasteiger partial charge is 0.255 e. The third-order valence-electron chi connectivity index (χ3n) is 7.33. The predicted octanol–water partition coefficient (Wildman–Crippen LogP) is 0.0105. The van der Waals surface area contributed by atoms with Crippen molar-refractivity contribution in [3.05, 3.63) is 34.6 Å². The number of nitrogens with zero attached hydrogens (tertiary/aromatic N) is 2. The molecule has 1 saturated carbocycles. The Morgan fingerprint density at radius 3 is 2.33 bits per heavy atom. The molecule has 1 amide bonds. The Bertz CT molecular complexity index is 1140. The highest BCUT2D eigenvalue weighted by Crippen LogP contribution is 2.52. The number of phenolic OH excluding ortho intramolecular Hbond substituents is 1. The molecule has 1 unspecified atom stereocenters. The van der Waals surface area contributed by atoms with Crippen LogP contribution in [0.3, 0.4) is 0 Å². The fourth-order valence-corrected chi connectivity index (χ4v) is 5.93. The van der Waals surface area contributed by atoms with Crippen LogP contribution in [0.15, 0.2) is 23.5 Å². The van der Waals surface area contributed by atoms with E-state index in [4.69, 9.17) is 11.1 Å². The average Bonchev–Trinajstić information content (AvgIpc) is 2.70. The molecule has 3 aliphatic carbocycles. The normalized spacial score (nSPS) is 31.3.